The zero-order chi connectivity index (χ0) is 9.59. The molecule has 7 heteroatoms. The lowest BCUT2D eigenvalue weighted by atomic mass is 10.1. The maximum absolute atomic E-state index is 10.3. The third kappa shape index (κ3) is 1.20. The topological polar surface area (TPSA) is 102 Å². The van der Waals surface area contributed by atoms with E-state index in [1.54, 1.807) is 0 Å². The molecule has 0 aliphatic carbocycles. The van der Waals surface area contributed by atoms with Crippen LogP contribution in [0.3, 0.4) is 0 Å². The van der Waals surface area contributed by atoms with E-state index in [9.17, 15) is 20.3 Å². The van der Waals surface area contributed by atoms with Crippen molar-refractivity contribution in [2.24, 2.45) is 0 Å². The Labute approximate surface area is 73.0 Å². The van der Waals surface area contributed by atoms with Crippen LogP contribution in [-0.2, 0) is 9.47 Å². The molecule has 7 nitrogen and oxygen atoms in total. The summed E-state index contributed by atoms with van der Waals surface area (Å²) < 4.78 is 9.80. The van der Waals surface area contributed by atoms with Crippen molar-refractivity contribution in [3.63, 3.8) is 0 Å². The molecule has 0 saturated carbocycles. The molecule has 2 heterocycles. The fraction of sp³-hybridized carbons (Fsp3) is 1.00. The quantitative estimate of drug-likeness (QED) is 0.371. The first-order valence-electron chi connectivity index (χ1n) is 3.88. The van der Waals surface area contributed by atoms with Gasteiger partial charge in [-0.25, -0.2) is 0 Å². The molecule has 2 saturated heterocycles. The molecule has 0 aromatic heterocycles. The van der Waals surface area contributed by atoms with E-state index >= 15 is 0 Å². The fourth-order valence-corrected chi connectivity index (χ4v) is 1.66. The van der Waals surface area contributed by atoms with Crippen LogP contribution in [0.1, 0.15) is 0 Å². The summed E-state index contributed by atoms with van der Waals surface area (Å²) in [6.45, 7) is 0.0524. The molecule has 5 atom stereocenters. The van der Waals surface area contributed by atoms with Gasteiger partial charge in [0.2, 0.25) is 0 Å². The van der Waals surface area contributed by atoms with Gasteiger partial charge >= 0.3 is 6.23 Å². The van der Waals surface area contributed by atoms with E-state index in [-0.39, 0.29) is 6.61 Å². The van der Waals surface area contributed by atoms with Crippen LogP contribution in [0.15, 0.2) is 0 Å². The van der Waals surface area contributed by atoms with E-state index in [2.05, 4.69) is 0 Å². The van der Waals surface area contributed by atoms with E-state index in [0.717, 1.165) is 0 Å². The molecule has 74 valence electrons. The van der Waals surface area contributed by atoms with Crippen LogP contribution in [-0.4, -0.2) is 52.4 Å². The predicted octanol–water partition coefficient (Wildman–Crippen LogP) is -1.89. The second-order valence-corrected chi connectivity index (χ2v) is 3.13. The van der Waals surface area contributed by atoms with Crippen LogP contribution in [0.25, 0.3) is 0 Å². The monoisotopic (exact) mass is 191 g/mol. The summed E-state index contributed by atoms with van der Waals surface area (Å²) in [7, 11) is 0. The van der Waals surface area contributed by atoms with E-state index in [0.29, 0.717) is 0 Å². The molecule has 2 aliphatic heterocycles. The predicted molar refractivity (Wildman–Crippen MR) is 37.4 cm³/mol. The molecule has 0 aromatic carbocycles. The Morgan fingerprint density at radius 1 is 1.38 bits per heavy atom. The average Bonchev–Trinajstić information content (AvgIpc) is 2.55. The molecular weight excluding hydrogens is 182 g/mol. The number of rotatable bonds is 1. The average molecular weight is 191 g/mol. The number of aliphatic hydroxyl groups excluding tert-OH is 2. The van der Waals surface area contributed by atoms with Crippen molar-refractivity contribution in [2.75, 3.05) is 6.61 Å². The van der Waals surface area contributed by atoms with Crippen LogP contribution in [0, 0.1) is 10.1 Å². The Kier molecular flexibility index (Phi) is 1.95. The minimum absolute atomic E-state index is 0.0524. The number of nitrogens with zero attached hydrogens (tertiary/aromatic N) is 1. The highest BCUT2D eigenvalue weighted by molar-refractivity contribution is 4.95. The van der Waals surface area contributed by atoms with Crippen LogP contribution < -0.4 is 0 Å². The molecule has 0 radical (unpaired) electrons. The number of aliphatic hydroxyl groups is 2. The van der Waals surface area contributed by atoms with Gasteiger partial charge in [0.25, 0.3) is 0 Å². The van der Waals surface area contributed by atoms with E-state index in [4.69, 9.17) is 9.47 Å². The summed E-state index contributed by atoms with van der Waals surface area (Å²) in [5, 5.41) is 28.9. The number of hydrogen-bond donors (Lipinski definition) is 2. The standard InChI is InChI=1S/C6H9NO6/c8-2-1-12-5-3(9)6(7(10)11)13-4(2)5/h2-6,8-9H,1H2/t2-,3-,4-,5-,6?/m1/s1. The van der Waals surface area contributed by atoms with Gasteiger partial charge in [-0.05, 0) is 0 Å². The summed E-state index contributed by atoms with van der Waals surface area (Å²) in [6, 6.07) is 0. The second-order valence-electron chi connectivity index (χ2n) is 3.13. The van der Waals surface area contributed by atoms with Crippen molar-refractivity contribution < 1.29 is 24.6 Å². The van der Waals surface area contributed by atoms with Crippen molar-refractivity contribution in [3.05, 3.63) is 10.1 Å². The molecule has 0 bridgehead atoms. The molecule has 0 aromatic rings. The third-order valence-electron chi connectivity index (χ3n) is 2.30. The minimum atomic E-state index is -1.48. The largest absolute Gasteiger partial charge is 0.388 e. The molecule has 2 N–H and O–H groups in total. The molecular formula is C6H9NO6. The van der Waals surface area contributed by atoms with Gasteiger partial charge in [0.05, 0.1) is 11.5 Å². The maximum atomic E-state index is 10.3. The van der Waals surface area contributed by atoms with E-state index in [1.807, 2.05) is 0 Å². The highest BCUT2D eigenvalue weighted by atomic mass is 16.7. The molecule has 2 rings (SSSR count). The van der Waals surface area contributed by atoms with Gasteiger partial charge in [-0.2, -0.15) is 0 Å². The van der Waals surface area contributed by atoms with Crippen LogP contribution in [0.5, 0.6) is 0 Å². The normalized spacial score (nSPS) is 49.2. The van der Waals surface area contributed by atoms with Crippen molar-refractivity contribution in [1.82, 2.24) is 0 Å². The van der Waals surface area contributed by atoms with Crippen molar-refractivity contribution in [1.29, 1.82) is 0 Å². The molecule has 1 unspecified atom stereocenters. The Hall–Kier alpha value is -0.760. The lowest BCUT2D eigenvalue weighted by molar-refractivity contribution is -0.582. The number of hydrogen-bond acceptors (Lipinski definition) is 6. The van der Waals surface area contributed by atoms with Gasteiger partial charge in [0, 0.05) is 0 Å². The first kappa shape index (κ1) is 8.82. The number of nitro groups is 1. The SMILES string of the molecule is O=[N+]([O-])C1O[C@H]2[C@H](OC[C@H]2O)[C@H]1O. The maximum Gasteiger partial charge on any atom is 0.344 e. The van der Waals surface area contributed by atoms with Gasteiger partial charge in [0.1, 0.15) is 18.3 Å². The minimum Gasteiger partial charge on any atom is -0.388 e. The van der Waals surface area contributed by atoms with E-state index in [1.165, 1.54) is 0 Å². The van der Waals surface area contributed by atoms with Gasteiger partial charge in [-0.1, -0.05) is 0 Å². The second kappa shape index (κ2) is 2.88. The number of fused-ring (bicyclic) bond motifs is 1. The number of ether oxygens (including phenoxy) is 2. The lowest BCUT2D eigenvalue weighted by Gasteiger charge is -2.09. The van der Waals surface area contributed by atoms with E-state index < -0.39 is 35.6 Å². The van der Waals surface area contributed by atoms with Gasteiger partial charge in [-0.3, -0.25) is 10.1 Å². The van der Waals surface area contributed by atoms with Gasteiger partial charge < -0.3 is 19.7 Å². The summed E-state index contributed by atoms with van der Waals surface area (Å²) in [5.41, 5.74) is 0. The molecule has 2 aliphatic rings. The summed E-state index contributed by atoms with van der Waals surface area (Å²) >= 11 is 0. The zero-order valence-corrected chi connectivity index (χ0v) is 6.57. The highest BCUT2D eigenvalue weighted by Gasteiger charge is 2.56. The summed E-state index contributed by atoms with van der Waals surface area (Å²) in [5.74, 6) is 0. The third-order valence-corrected chi connectivity index (χ3v) is 2.30. The van der Waals surface area contributed by atoms with Crippen LogP contribution in [0.2, 0.25) is 0 Å². The van der Waals surface area contributed by atoms with Crippen LogP contribution >= 0.6 is 0 Å². The summed E-state index contributed by atoms with van der Waals surface area (Å²) in [4.78, 5) is 9.61. The highest BCUT2D eigenvalue weighted by Crippen LogP contribution is 2.31. The summed E-state index contributed by atoms with van der Waals surface area (Å²) in [6.07, 6.45) is -5.21. The Morgan fingerprint density at radius 3 is 2.62 bits per heavy atom. The first-order valence-corrected chi connectivity index (χ1v) is 3.88. The smallest absolute Gasteiger partial charge is 0.344 e. The van der Waals surface area contributed by atoms with Crippen molar-refractivity contribution >= 4 is 0 Å². The Bertz CT molecular complexity index is 233. The zero-order valence-electron chi connectivity index (χ0n) is 6.57. The van der Waals surface area contributed by atoms with Gasteiger partial charge in [0.15, 0.2) is 6.10 Å². The van der Waals surface area contributed by atoms with Gasteiger partial charge in [-0.15, -0.1) is 0 Å². The lowest BCUT2D eigenvalue weighted by Crippen LogP contribution is -2.36. The Balaban J connectivity index is 2.13. The Morgan fingerprint density at radius 2 is 2.08 bits per heavy atom. The van der Waals surface area contributed by atoms with Crippen LogP contribution in [0.4, 0.5) is 0 Å². The molecule has 0 spiro atoms. The molecule has 13 heavy (non-hydrogen) atoms. The first-order chi connectivity index (χ1) is 6.11. The van der Waals surface area contributed by atoms with Crippen molar-refractivity contribution in [2.45, 2.75) is 30.6 Å². The molecule has 2 fully saturated rings. The molecule has 0 amide bonds. The fourth-order valence-electron chi connectivity index (χ4n) is 1.66. The van der Waals surface area contributed by atoms with Crippen molar-refractivity contribution in [3.8, 4) is 0 Å².